The molecule has 0 atom stereocenters. The van der Waals surface area contributed by atoms with E-state index in [1.807, 2.05) is 13.0 Å². The minimum Gasteiger partial charge on any atom is -0.494 e. The van der Waals surface area contributed by atoms with Crippen LogP contribution < -0.4 is 10.1 Å². The summed E-state index contributed by atoms with van der Waals surface area (Å²) in [5.41, 5.74) is 1.16. The molecule has 0 aliphatic carbocycles. The van der Waals surface area contributed by atoms with Crippen LogP contribution in [-0.4, -0.2) is 30.1 Å². The molecule has 0 bridgehead atoms. The number of hydrogen-bond donors (Lipinski definition) is 1. The normalized spacial score (nSPS) is 10.8. The van der Waals surface area contributed by atoms with Crippen LogP contribution in [0.25, 0.3) is 6.08 Å². The molecule has 1 aromatic carbocycles. The van der Waals surface area contributed by atoms with Gasteiger partial charge in [-0.05, 0) is 37.1 Å². The predicted molar refractivity (Wildman–Crippen MR) is 107 cm³/mol. The van der Waals surface area contributed by atoms with Crippen molar-refractivity contribution in [2.24, 2.45) is 0 Å². The van der Waals surface area contributed by atoms with E-state index >= 15 is 0 Å². The fourth-order valence-electron chi connectivity index (χ4n) is 2.17. The molecule has 2 rings (SSSR count). The van der Waals surface area contributed by atoms with Crippen molar-refractivity contribution in [1.82, 2.24) is 4.98 Å². The van der Waals surface area contributed by atoms with Crippen LogP contribution in [0.2, 0.25) is 0 Å². The Kier molecular flexibility index (Phi) is 8.18. The van der Waals surface area contributed by atoms with Gasteiger partial charge in [-0.1, -0.05) is 19.1 Å². The van der Waals surface area contributed by atoms with Crippen molar-refractivity contribution < 1.29 is 19.1 Å². The van der Waals surface area contributed by atoms with Gasteiger partial charge in [0.2, 0.25) is 0 Å². The summed E-state index contributed by atoms with van der Waals surface area (Å²) in [6, 6.07) is 9.02. The number of anilines is 1. The number of ether oxygens (including phenoxy) is 2. The second kappa shape index (κ2) is 10.8. The van der Waals surface area contributed by atoms with Gasteiger partial charge in [-0.25, -0.2) is 4.98 Å². The van der Waals surface area contributed by atoms with Crippen molar-refractivity contribution in [3.05, 3.63) is 46.5 Å². The third-order valence-corrected chi connectivity index (χ3v) is 4.24. The number of rotatable bonds is 9. The second-order valence-electron chi connectivity index (χ2n) is 5.67. The van der Waals surface area contributed by atoms with E-state index in [0.29, 0.717) is 29.6 Å². The standard InChI is InChI=1S/C20H21N3O4S/c1-3-9-27-17-7-5-14(6-8-17)10-15(12-21)19(25)23-20-22-16(13-28-20)11-18(24)26-4-2/h5-8,10,13H,3-4,9,11H2,1-2H3,(H,22,23,25)/b15-10+. The van der Waals surface area contributed by atoms with Crippen LogP contribution in [0, 0.1) is 11.3 Å². The quantitative estimate of drug-likeness (QED) is 0.393. The molecule has 2 aromatic rings. The van der Waals surface area contributed by atoms with Crippen molar-refractivity contribution in [1.29, 1.82) is 5.26 Å². The van der Waals surface area contributed by atoms with Crippen molar-refractivity contribution in [2.75, 3.05) is 18.5 Å². The molecular weight excluding hydrogens is 378 g/mol. The van der Waals surface area contributed by atoms with Gasteiger partial charge in [0.15, 0.2) is 5.13 Å². The van der Waals surface area contributed by atoms with Crippen LogP contribution in [0.4, 0.5) is 5.13 Å². The van der Waals surface area contributed by atoms with E-state index in [1.165, 1.54) is 17.4 Å². The van der Waals surface area contributed by atoms with Gasteiger partial charge in [-0.3, -0.25) is 14.9 Å². The number of nitrogens with one attached hydrogen (secondary N) is 1. The molecule has 1 aromatic heterocycles. The third kappa shape index (κ3) is 6.52. The minimum atomic E-state index is -0.564. The molecule has 1 N–H and O–H groups in total. The van der Waals surface area contributed by atoms with Gasteiger partial charge in [-0.2, -0.15) is 5.26 Å². The van der Waals surface area contributed by atoms with Gasteiger partial charge in [0, 0.05) is 5.38 Å². The van der Waals surface area contributed by atoms with E-state index in [1.54, 1.807) is 36.6 Å². The number of aromatic nitrogens is 1. The lowest BCUT2D eigenvalue weighted by Gasteiger charge is -2.04. The summed E-state index contributed by atoms with van der Waals surface area (Å²) >= 11 is 1.18. The highest BCUT2D eigenvalue weighted by molar-refractivity contribution is 7.14. The predicted octanol–water partition coefficient (Wildman–Crippen LogP) is 3.58. The lowest BCUT2D eigenvalue weighted by Crippen LogP contribution is -2.13. The second-order valence-corrected chi connectivity index (χ2v) is 6.53. The molecule has 0 spiro atoms. The molecule has 1 heterocycles. The van der Waals surface area contributed by atoms with E-state index in [4.69, 9.17) is 9.47 Å². The summed E-state index contributed by atoms with van der Waals surface area (Å²) in [6.07, 6.45) is 2.44. The van der Waals surface area contributed by atoms with E-state index in [0.717, 1.165) is 12.2 Å². The van der Waals surface area contributed by atoms with Gasteiger partial charge in [0.1, 0.15) is 17.4 Å². The first-order valence-electron chi connectivity index (χ1n) is 8.81. The molecule has 0 saturated heterocycles. The Morgan fingerprint density at radius 2 is 2.04 bits per heavy atom. The molecule has 8 heteroatoms. The van der Waals surface area contributed by atoms with Gasteiger partial charge < -0.3 is 9.47 Å². The fraction of sp³-hybridized carbons (Fsp3) is 0.300. The first-order valence-corrected chi connectivity index (χ1v) is 9.69. The largest absolute Gasteiger partial charge is 0.494 e. The zero-order valence-electron chi connectivity index (χ0n) is 15.7. The Morgan fingerprint density at radius 3 is 2.68 bits per heavy atom. The lowest BCUT2D eigenvalue weighted by molar-refractivity contribution is -0.142. The number of amides is 1. The number of nitriles is 1. The Morgan fingerprint density at radius 1 is 1.29 bits per heavy atom. The Balaban J connectivity index is 2.01. The zero-order chi connectivity index (χ0) is 20.4. The zero-order valence-corrected chi connectivity index (χ0v) is 16.5. The minimum absolute atomic E-state index is 0.0353. The van der Waals surface area contributed by atoms with Crippen molar-refractivity contribution >= 4 is 34.4 Å². The van der Waals surface area contributed by atoms with Crippen LogP contribution in [0.15, 0.2) is 35.2 Å². The molecule has 7 nitrogen and oxygen atoms in total. The van der Waals surface area contributed by atoms with E-state index in [2.05, 4.69) is 10.3 Å². The van der Waals surface area contributed by atoms with Crippen molar-refractivity contribution in [2.45, 2.75) is 26.7 Å². The summed E-state index contributed by atoms with van der Waals surface area (Å²) in [6.45, 7) is 4.69. The maximum absolute atomic E-state index is 12.3. The maximum Gasteiger partial charge on any atom is 0.311 e. The molecule has 146 valence electrons. The Bertz CT molecular complexity index is 882. The first-order chi connectivity index (χ1) is 13.5. The molecule has 0 radical (unpaired) electrons. The highest BCUT2D eigenvalue weighted by atomic mass is 32.1. The molecule has 1 amide bonds. The topological polar surface area (TPSA) is 101 Å². The highest BCUT2D eigenvalue weighted by Crippen LogP contribution is 2.18. The summed E-state index contributed by atoms with van der Waals surface area (Å²) in [5, 5.41) is 13.9. The smallest absolute Gasteiger partial charge is 0.311 e. The van der Waals surface area contributed by atoms with E-state index in [9.17, 15) is 14.9 Å². The molecule has 28 heavy (non-hydrogen) atoms. The number of benzene rings is 1. The number of nitrogens with zero attached hydrogens (tertiary/aromatic N) is 2. The monoisotopic (exact) mass is 399 g/mol. The maximum atomic E-state index is 12.3. The third-order valence-electron chi connectivity index (χ3n) is 3.43. The lowest BCUT2D eigenvalue weighted by atomic mass is 10.1. The van der Waals surface area contributed by atoms with Gasteiger partial charge in [-0.15, -0.1) is 11.3 Å². The SMILES string of the molecule is CCCOc1ccc(/C=C(\C#N)C(=O)Nc2nc(CC(=O)OCC)cs2)cc1. The van der Waals surface area contributed by atoms with Crippen molar-refractivity contribution in [3.8, 4) is 11.8 Å². The van der Waals surface area contributed by atoms with Crippen LogP contribution in [-0.2, 0) is 20.7 Å². The molecule has 0 unspecified atom stereocenters. The van der Waals surface area contributed by atoms with Crippen LogP contribution in [0.5, 0.6) is 5.75 Å². The molecular formula is C20H21N3O4S. The van der Waals surface area contributed by atoms with E-state index < -0.39 is 5.91 Å². The van der Waals surface area contributed by atoms with Crippen LogP contribution >= 0.6 is 11.3 Å². The molecule has 0 aliphatic rings. The fourth-order valence-corrected chi connectivity index (χ4v) is 2.87. The van der Waals surface area contributed by atoms with Crippen molar-refractivity contribution in [3.63, 3.8) is 0 Å². The summed E-state index contributed by atoms with van der Waals surface area (Å²) in [4.78, 5) is 28.0. The number of hydrogen-bond acceptors (Lipinski definition) is 7. The highest BCUT2D eigenvalue weighted by Gasteiger charge is 2.13. The average Bonchev–Trinajstić information content (AvgIpc) is 3.12. The molecule has 0 fully saturated rings. The number of esters is 1. The summed E-state index contributed by atoms with van der Waals surface area (Å²) in [5.74, 6) is -0.209. The number of carbonyl (C=O) groups is 2. The van der Waals surface area contributed by atoms with Gasteiger partial charge >= 0.3 is 5.97 Å². The first kappa shape index (κ1) is 21.1. The van der Waals surface area contributed by atoms with E-state index in [-0.39, 0.29) is 18.0 Å². The van der Waals surface area contributed by atoms with Gasteiger partial charge in [0.25, 0.3) is 5.91 Å². The molecule has 0 aliphatic heterocycles. The summed E-state index contributed by atoms with van der Waals surface area (Å²) < 4.78 is 10.4. The number of thiazole rings is 1. The molecule has 0 saturated carbocycles. The Labute approximate surface area is 167 Å². The Hall–Kier alpha value is -3.18. The average molecular weight is 399 g/mol. The summed E-state index contributed by atoms with van der Waals surface area (Å²) in [7, 11) is 0. The van der Waals surface area contributed by atoms with Crippen LogP contribution in [0.1, 0.15) is 31.5 Å². The van der Waals surface area contributed by atoms with Gasteiger partial charge in [0.05, 0.1) is 25.3 Å². The van der Waals surface area contributed by atoms with Crippen LogP contribution in [0.3, 0.4) is 0 Å². The number of carbonyl (C=O) groups excluding carboxylic acids is 2.